The third-order valence-corrected chi connectivity index (χ3v) is 4.29. The van der Waals surface area contributed by atoms with Crippen molar-refractivity contribution in [1.82, 2.24) is 5.32 Å². The monoisotopic (exact) mass is 251 g/mol. The zero-order valence-electron chi connectivity index (χ0n) is 10.4. The Balaban J connectivity index is 1.77. The van der Waals surface area contributed by atoms with Gasteiger partial charge < -0.3 is 10.1 Å². The standard InChI is InChI=1S/C14H21NOS/c1-16-13-7-2-3-8-14(13)17-11-9-12-6-4-5-10-15-12/h2-3,7-8,12,15H,4-6,9-11H2,1H3/t12-/m1/s1. The molecule has 2 rings (SSSR count). The number of para-hydroxylation sites is 1. The van der Waals surface area contributed by atoms with Crippen LogP contribution >= 0.6 is 11.8 Å². The number of hydrogen-bond donors (Lipinski definition) is 1. The van der Waals surface area contributed by atoms with Crippen LogP contribution in [0.25, 0.3) is 0 Å². The molecular formula is C14H21NOS. The van der Waals surface area contributed by atoms with Gasteiger partial charge in [-0.05, 0) is 43.7 Å². The normalized spacial score (nSPS) is 20.2. The molecule has 1 aliphatic rings. The summed E-state index contributed by atoms with van der Waals surface area (Å²) < 4.78 is 5.35. The average molecular weight is 251 g/mol. The van der Waals surface area contributed by atoms with E-state index in [1.165, 1.54) is 37.1 Å². The van der Waals surface area contributed by atoms with E-state index in [-0.39, 0.29) is 0 Å². The van der Waals surface area contributed by atoms with Crippen LogP contribution in [-0.2, 0) is 0 Å². The van der Waals surface area contributed by atoms with Crippen LogP contribution in [-0.4, -0.2) is 25.4 Å². The van der Waals surface area contributed by atoms with Crippen molar-refractivity contribution in [3.05, 3.63) is 24.3 Å². The molecule has 94 valence electrons. The quantitative estimate of drug-likeness (QED) is 0.811. The van der Waals surface area contributed by atoms with Crippen molar-refractivity contribution < 1.29 is 4.74 Å². The molecule has 17 heavy (non-hydrogen) atoms. The van der Waals surface area contributed by atoms with E-state index in [2.05, 4.69) is 17.4 Å². The number of benzene rings is 1. The maximum absolute atomic E-state index is 5.35. The van der Waals surface area contributed by atoms with E-state index in [0.29, 0.717) is 0 Å². The molecule has 0 amide bonds. The summed E-state index contributed by atoms with van der Waals surface area (Å²) in [7, 11) is 1.74. The van der Waals surface area contributed by atoms with Crippen molar-refractivity contribution in [3.8, 4) is 5.75 Å². The highest BCUT2D eigenvalue weighted by Crippen LogP contribution is 2.29. The molecule has 1 aliphatic heterocycles. The summed E-state index contributed by atoms with van der Waals surface area (Å²) in [5.41, 5.74) is 0. The molecule has 0 saturated carbocycles. The lowest BCUT2D eigenvalue weighted by atomic mass is 10.0. The molecule has 1 aromatic rings. The van der Waals surface area contributed by atoms with E-state index in [9.17, 15) is 0 Å². The van der Waals surface area contributed by atoms with Crippen LogP contribution in [0.4, 0.5) is 0 Å². The number of nitrogens with one attached hydrogen (secondary N) is 1. The van der Waals surface area contributed by atoms with Gasteiger partial charge in [0.2, 0.25) is 0 Å². The SMILES string of the molecule is COc1ccccc1SCC[C@H]1CCCCN1. The molecule has 0 spiro atoms. The van der Waals surface area contributed by atoms with Crippen LogP contribution in [0, 0.1) is 0 Å². The fourth-order valence-corrected chi connectivity index (χ4v) is 3.31. The smallest absolute Gasteiger partial charge is 0.132 e. The molecule has 0 aliphatic carbocycles. The summed E-state index contributed by atoms with van der Waals surface area (Å²) in [6.07, 6.45) is 5.32. The highest BCUT2D eigenvalue weighted by atomic mass is 32.2. The summed E-state index contributed by atoms with van der Waals surface area (Å²) in [5, 5.41) is 3.59. The highest BCUT2D eigenvalue weighted by molar-refractivity contribution is 7.99. The van der Waals surface area contributed by atoms with Crippen molar-refractivity contribution in [3.63, 3.8) is 0 Å². The maximum Gasteiger partial charge on any atom is 0.132 e. The molecule has 3 heteroatoms. The zero-order chi connectivity index (χ0) is 11.9. The molecular weight excluding hydrogens is 230 g/mol. The van der Waals surface area contributed by atoms with Gasteiger partial charge in [0, 0.05) is 10.9 Å². The molecule has 1 N–H and O–H groups in total. The molecule has 0 bridgehead atoms. The summed E-state index contributed by atoms with van der Waals surface area (Å²) in [4.78, 5) is 1.26. The van der Waals surface area contributed by atoms with E-state index < -0.39 is 0 Å². The van der Waals surface area contributed by atoms with Gasteiger partial charge in [-0.2, -0.15) is 0 Å². The fraction of sp³-hybridized carbons (Fsp3) is 0.571. The summed E-state index contributed by atoms with van der Waals surface area (Å²) >= 11 is 1.90. The fourth-order valence-electron chi connectivity index (χ4n) is 2.22. The molecule has 1 heterocycles. The van der Waals surface area contributed by atoms with Gasteiger partial charge in [0.05, 0.1) is 7.11 Å². The van der Waals surface area contributed by atoms with Crippen molar-refractivity contribution in [2.75, 3.05) is 19.4 Å². The third-order valence-electron chi connectivity index (χ3n) is 3.21. The van der Waals surface area contributed by atoms with E-state index in [0.717, 1.165) is 17.5 Å². The van der Waals surface area contributed by atoms with Gasteiger partial charge in [0.15, 0.2) is 0 Å². The first kappa shape index (κ1) is 12.8. The molecule has 1 aromatic carbocycles. The average Bonchev–Trinajstić information content (AvgIpc) is 2.40. The van der Waals surface area contributed by atoms with Crippen LogP contribution in [0.15, 0.2) is 29.2 Å². The van der Waals surface area contributed by atoms with E-state index in [1.54, 1.807) is 7.11 Å². The van der Waals surface area contributed by atoms with Gasteiger partial charge in [-0.1, -0.05) is 18.6 Å². The van der Waals surface area contributed by atoms with Crippen molar-refractivity contribution >= 4 is 11.8 Å². The Morgan fingerprint density at radius 1 is 1.35 bits per heavy atom. The van der Waals surface area contributed by atoms with Gasteiger partial charge in [0.1, 0.15) is 5.75 Å². The lowest BCUT2D eigenvalue weighted by molar-refractivity contribution is 0.394. The predicted molar refractivity (Wildman–Crippen MR) is 74.0 cm³/mol. The molecule has 0 aromatic heterocycles. The van der Waals surface area contributed by atoms with E-state index >= 15 is 0 Å². The van der Waals surface area contributed by atoms with E-state index in [1.807, 2.05) is 23.9 Å². The van der Waals surface area contributed by atoms with Crippen LogP contribution in [0.1, 0.15) is 25.7 Å². The zero-order valence-corrected chi connectivity index (χ0v) is 11.3. The molecule has 0 unspecified atom stereocenters. The lowest BCUT2D eigenvalue weighted by Gasteiger charge is -2.23. The second-order valence-corrected chi connectivity index (χ2v) is 5.57. The first-order valence-corrected chi connectivity index (χ1v) is 7.38. The molecule has 1 saturated heterocycles. The van der Waals surface area contributed by atoms with Crippen LogP contribution < -0.4 is 10.1 Å². The number of methoxy groups -OCH3 is 1. The van der Waals surface area contributed by atoms with E-state index in [4.69, 9.17) is 4.74 Å². The minimum atomic E-state index is 0.728. The molecule has 2 nitrogen and oxygen atoms in total. The Bertz CT molecular complexity index is 337. The van der Waals surface area contributed by atoms with Crippen LogP contribution in [0.5, 0.6) is 5.75 Å². The summed E-state index contributed by atoms with van der Waals surface area (Å²) in [5.74, 6) is 2.16. The molecule has 1 atom stereocenters. The lowest BCUT2D eigenvalue weighted by Crippen LogP contribution is -2.34. The molecule has 0 radical (unpaired) electrons. The second-order valence-electron chi connectivity index (χ2n) is 4.43. The third kappa shape index (κ3) is 3.93. The number of rotatable bonds is 5. The predicted octanol–water partition coefficient (Wildman–Crippen LogP) is 3.32. The van der Waals surface area contributed by atoms with Crippen LogP contribution in [0.2, 0.25) is 0 Å². The Hall–Kier alpha value is -0.670. The topological polar surface area (TPSA) is 21.3 Å². The summed E-state index contributed by atoms with van der Waals surface area (Å²) in [6.45, 7) is 1.20. The van der Waals surface area contributed by atoms with Gasteiger partial charge >= 0.3 is 0 Å². The van der Waals surface area contributed by atoms with Crippen LogP contribution in [0.3, 0.4) is 0 Å². The Labute approximate surface area is 108 Å². The number of piperidine rings is 1. The first-order chi connectivity index (χ1) is 8.40. The van der Waals surface area contributed by atoms with Crippen molar-refractivity contribution in [2.24, 2.45) is 0 Å². The maximum atomic E-state index is 5.35. The summed E-state index contributed by atoms with van der Waals surface area (Å²) in [6, 6.07) is 8.99. The van der Waals surface area contributed by atoms with Gasteiger partial charge in [-0.25, -0.2) is 0 Å². The minimum absolute atomic E-state index is 0.728. The first-order valence-electron chi connectivity index (χ1n) is 6.39. The molecule has 1 fully saturated rings. The van der Waals surface area contributed by atoms with Gasteiger partial charge in [-0.15, -0.1) is 11.8 Å². The number of thioether (sulfide) groups is 1. The van der Waals surface area contributed by atoms with Gasteiger partial charge in [0.25, 0.3) is 0 Å². The van der Waals surface area contributed by atoms with Gasteiger partial charge in [-0.3, -0.25) is 0 Å². The largest absolute Gasteiger partial charge is 0.496 e. The Morgan fingerprint density at radius 3 is 3.00 bits per heavy atom. The Morgan fingerprint density at radius 2 is 2.24 bits per heavy atom. The Kier molecular flexibility index (Phi) is 5.20. The number of hydrogen-bond acceptors (Lipinski definition) is 3. The minimum Gasteiger partial charge on any atom is -0.496 e. The van der Waals surface area contributed by atoms with Crippen molar-refractivity contribution in [1.29, 1.82) is 0 Å². The second kappa shape index (κ2) is 6.92. The highest BCUT2D eigenvalue weighted by Gasteiger charge is 2.12. The van der Waals surface area contributed by atoms with Crippen molar-refractivity contribution in [2.45, 2.75) is 36.6 Å². The number of ether oxygens (including phenoxy) is 1.